The maximum Gasteiger partial charge on any atom is 0.00514 e. The monoisotopic (exact) mass is 200 g/mol. The Hall–Kier alpha value is 0.500. The summed E-state index contributed by atoms with van der Waals surface area (Å²) < 4.78 is 0. The first-order chi connectivity index (χ1) is 4.20. The van der Waals surface area contributed by atoms with Crippen molar-refractivity contribution in [2.24, 2.45) is 11.7 Å². The second kappa shape index (κ2) is 6.06. The maximum atomic E-state index is 5.73. The number of nitrogens with zero attached hydrogens (tertiary/aromatic N) is 1. The summed E-state index contributed by atoms with van der Waals surface area (Å²) in [6.07, 6.45) is 1.29. The van der Waals surface area contributed by atoms with Crippen LogP contribution in [0.15, 0.2) is 0 Å². The fraction of sp³-hybridized carbons (Fsp3) is 1.00. The molecule has 1 aliphatic heterocycles. The zero-order chi connectivity index (χ0) is 6.85. The van der Waals surface area contributed by atoms with Gasteiger partial charge in [0.25, 0.3) is 0 Å². The van der Waals surface area contributed by atoms with E-state index in [0.717, 1.165) is 5.92 Å². The Labute approximate surface area is 81.3 Å². The molecule has 0 bridgehead atoms. The summed E-state index contributed by atoms with van der Waals surface area (Å²) in [5.74, 6) is 0.745. The van der Waals surface area contributed by atoms with Crippen molar-refractivity contribution < 1.29 is 0 Å². The highest BCUT2D eigenvalue weighted by atomic mass is 35.5. The van der Waals surface area contributed by atoms with Gasteiger partial charge in [-0.25, -0.2) is 0 Å². The number of nitrogens with two attached hydrogens (primary N) is 1. The lowest BCUT2D eigenvalue weighted by Crippen LogP contribution is -2.28. The van der Waals surface area contributed by atoms with E-state index in [0.29, 0.717) is 6.04 Å². The number of hydrogen-bond donors (Lipinski definition) is 1. The molecule has 70 valence electrons. The lowest BCUT2D eigenvalue weighted by Gasteiger charge is -2.13. The van der Waals surface area contributed by atoms with Gasteiger partial charge in [-0.05, 0) is 32.9 Å². The second-order valence-electron chi connectivity index (χ2n) is 3.17. The van der Waals surface area contributed by atoms with Crippen molar-refractivity contribution >= 4 is 24.8 Å². The summed E-state index contributed by atoms with van der Waals surface area (Å²) in [6, 6.07) is 0.384. The molecule has 1 heterocycles. The van der Waals surface area contributed by atoms with Crippen molar-refractivity contribution in [3.8, 4) is 0 Å². The van der Waals surface area contributed by atoms with Crippen LogP contribution in [-0.4, -0.2) is 31.1 Å². The van der Waals surface area contributed by atoms with Gasteiger partial charge >= 0.3 is 0 Å². The Morgan fingerprint density at radius 3 is 2.18 bits per heavy atom. The first-order valence-corrected chi connectivity index (χ1v) is 3.64. The van der Waals surface area contributed by atoms with Crippen molar-refractivity contribution in [1.82, 2.24) is 4.90 Å². The summed E-state index contributed by atoms with van der Waals surface area (Å²) in [5, 5.41) is 0. The molecule has 0 aromatic carbocycles. The van der Waals surface area contributed by atoms with Gasteiger partial charge in [-0.2, -0.15) is 0 Å². The van der Waals surface area contributed by atoms with Crippen LogP contribution in [0.25, 0.3) is 0 Å². The Kier molecular flexibility index (Phi) is 7.75. The van der Waals surface area contributed by atoms with E-state index >= 15 is 0 Å². The average molecular weight is 201 g/mol. The predicted molar refractivity (Wildman–Crippen MR) is 53.7 cm³/mol. The molecule has 0 amide bonds. The van der Waals surface area contributed by atoms with E-state index in [9.17, 15) is 0 Å². The Balaban J connectivity index is 0. The minimum Gasteiger partial charge on any atom is -0.328 e. The standard InChI is InChI=1S/C7H16N2.2ClH/c1-6(8)7-3-4-9(2)5-7;;/h6-7H,3-5,8H2,1-2H3;2*1H. The third-order valence-electron chi connectivity index (χ3n) is 2.17. The molecule has 0 saturated carbocycles. The first-order valence-electron chi connectivity index (χ1n) is 3.64. The number of hydrogen-bond acceptors (Lipinski definition) is 2. The van der Waals surface area contributed by atoms with Crippen molar-refractivity contribution in [2.75, 3.05) is 20.1 Å². The van der Waals surface area contributed by atoms with Gasteiger partial charge in [0.1, 0.15) is 0 Å². The molecule has 4 heteroatoms. The topological polar surface area (TPSA) is 29.3 Å². The molecule has 1 saturated heterocycles. The van der Waals surface area contributed by atoms with Gasteiger partial charge in [0.05, 0.1) is 0 Å². The first kappa shape index (κ1) is 14.0. The van der Waals surface area contributed by atoms with Gasteiger partial charge in [-0.1, -0.05) is 0 Å². The predicted octanol–water partition coefficient (Wildman–Crippen LogP) is 1.13. The zero-order valence-corrected chi connectivity index (χ0v) is 8.75. The fourth-order valence-electron chi connectivity index (χ4n) is 1.40. The third-order valence-corrected chi connectivity index (χ3v) is 2.17. The van der Waals surface area contributed by atoms with Crippen molar-refractivity contribution in [1.29, 1.82) is 0 Å². The summed E-state index contributed by atoms with van der Waals surface area (Å²) in [6.45, 7) is 4.52. The summed E-state index contributed by atoms with van der Waals surface area (Å²) in [7, 11) is 2.16. The van der Waals surface area contributed by atoms with E-state index < -0.39 is 0 Å². The van der Waals surface area contributed by atoms with E-state index in [1.54, 1.807) is 0 Å². The highest BCUT2D eigenvalue weighted by Gasteiger charge is 2.21. The van der Waals surface area contributed by atoms with Crippen molar-refractivity contribution in [3.05, 3.63) is 0 Å². The minimum atomic E-state index is 0. The van der Waals surface area contributed by atoms with Gasteiger partial charge in [0.15, 0.2) is 0 Å². The molecule has 11 heavy (non-hydrogen) atoms. The van der Waals surface area contributed by atoms with Crippen LogP contribution in [-0.2, 0) is 0 Å². The smallest absolute Gasteiger partial charge is 0.00514 e. The Bertz CT molecular complexity index is 98.4. The molecule has 0 aliphatic carbocycles. The highest BCUT2D eigenvalue weighted by Crippen LogP contribution is 2.15. The van der Waals surface area contributed by atoms with Gasteiger partial charge in [-0.3, -0.25) is 0 Å². The van der Waals surface area contributed by atoms with Crippen LogP contribution < -0.4 is 5.73 Å². The van der Waals surface area contributed by atoms with Crippen LogP contribution in [0.2, 0.25) is 0 Å². The lowest BCUT2D eigenvalue weighted by atomic mass is 10.0. The molecular formula is C7H18Cl2N2. The normalized spacial score (nSPS) is 27.0. The largest absolute Gasteiger partial charge is 0.328 e. The van der Waals surface area contributed by atoms with Crippen LogP contribution in [0, 0.1) is 5.92 Å². The van der Waals surface area contributed by atoms with Gasteiger partial charge in [0.2, 0.25) is 0 Å². The van der Waals surface area contributed by atoms with Crippen molar-refractivity contribution in [3.63, 3.8) is 0 Å². The molecule has 2 unspecified atom stereocenters. The van der Waals surface area contributed by atoms with E-state index in [4.69, 9.17) is 5.73 Å². The van der Waals surface area contributed by atoms with Crippen LogP contribution in [0.1, 0.15) is 13.3 Å². The summed E-state index contributed by atoms with van der Waals surface area (Å²) in [4.78, 5) is 2.34. The third kappa shape index (κ3) is 4.16. The molecule has 1 fully saturated rings. The van der Waals surface area contributed by atoms with E-state index in [2.05, 4.69) is 18.9 Å². The zero-order valence-electron chi connectivity index (χ0n) is 7.12. The van der Waals surface area contributed by atoms with Crippen molar-refractivity contribution in [2.45, 2.75) is 19.4 Å². The fourth-order valence-corrected chi connectivity index (χ4v) is 1.40. The van der Waals surface area contributed by atoms with Gasteiger partial charge < -0.3 is 10.6 Å². The minimum absolute atomic E-state index is 0. The number of rotatable bonds is 1. The Morgan fingerprint density at radius 1 is 1.45 bits per heavy atom. The second-order valence-corrected chi connectivity index (χ2v) is 3.17. The quantitative estimate of drug-likeness (QED) is 0.689. The molecule has 1 aliphatic rings. The Morgan fingerprint density at radius 2 is 2.00 bits per heavy atom. The lowest BCUT2D eigenvalue weighted by molar-refractivity contribution is 0.377. The van der Waals surface area contributed by atoms with E-state index in [1.807, 2.05) is 0 Å². The number of halogens is 2. The SMILES string of the molecule is CC(N)C1CCN(C)C1.Cl.Cl. The number of likely N-dealkylation sites (tertiary alicyclic amines) is 1. The molecule has 0 spiro atoms. The molecule has 1 rings (SSSR count). The summed E-state index contributed by atoms with van der Waals surface area (Å²) >= 11 is 0. The average Bonchev–Trinajstić information content (AvgIpc) is 2.14. The van der Waals surface area contributed by atoms with Crippen LogP contribution in [0.5, 0.6) is 0 Å². The molecule has 0 aromatic rings. The summed E-state index contributed by atoms with van der Waals surface area (Å²) in [5.41, 5.74) is 5.73. The van der Waals surface area contributed by atoms with Gasteiger partial charge in [-0.15, -0.1) is 24.8 Å². The van der Waals surface area contributed by atoms with E-state index in [-0.39, 0.29) is 24.8 Å². The van der Waals surface area contributed by atoms with Crippen LogP contribution in [0.4, 0.5) is 0 Å². The molecule has 2 N–H and O–H groups in total. The van der Waals surface area contributed by atoms with E-state index in [1.165, 1.54) is 19.5 Å². The van der Waals surface area contributed by atoms with Crippen LogP contribution in [0.3, 0.4) is 0 Å². The van der Waals surface area contributed by atoms with Gasteiger partial charge in [0, 0.05) is 12.6 Å². The molecule has 0 radical (unpaired) electrons. The molecule has 2 nitrogen and oxygen atoms in total. The molecule has 2 atom stereocenters. The molecule has 0 aromatic heterocycles. The maximum absolute atomic E-state index is 5.73. The molecular weight excluding hydrogens is 183 g/mol. The highest BCUT2D eigenvalue weighted by molar-refractivity contribution is 5.85. The van der Waals surface area contributed by atoms with Crippen LogP contribution >= 0.6 is 24.8 Å².